The van der Waals surface area contributed by atoms with E-state index >= 15 is 0 Å². The lowest BCUT2D eigenvalue weighted by molar-refractivity contribution is 0.206. The molecule has 1 saturated heterocycles. The standard InChI is InChI=1S/C13H23N3/c1-15-6-3-4-12(10-15)8-14-9-13-5-7-16(2)11-13/h5,7,11-12,14H,3-4,6,8-10H2,1-2H3. The minimum atomic E-state index is 0.836. The Morgan fingerprint density at radius 2 is 2.31 bits per heavy atom. The zero-order valence-electron chi connectivity index (χ0n) is 10.4. The van der Waals surface area contributed by atoms with Crippen molar-refractivity contribution in [2.75, 3.05) is 26.7 Å². The number of aryl methyl sites for hydroxylation is 1. The summed E-state index contributed by atoms with van der Waals surface area (Å²) in [5.41, 5.74) is 1.38. The second-order valence-electron chi connectivity index (χ2n) is 5.09. The van der Waals surface area contributed by atoms with Crippen LogP contribution in [0.15, 0.2) is 18.5 Å². The van der Waals surface area contributed by atoms with Crippen LogP contribution in [-0.4, -0.2) is 36.1 Å². The summed E-state index contributed by atoms with van der Waals surface area (Å²) in [5.74, 6) is 0.836. The van der Waals surface area contributed by atoms with Gasteiger partial charge in [-0.25, -0.2) is 0 Å². The smallest absolute Gasteiger partial charge is 0.0220 e. The van der Waals surface area contributed by atoms with Crippen LogP contribution >= 0.6 is 0 Å². The topological polar surface area (TPSA) is 20.2 Å². The summed E-state index contributed by atoms with van der Waals surface area (Å²) in [6.07, 6.45) is 7.02. The molecule has 0 saturated carbocycles. The fourth-order valence-electron chi connectivity index (χ4n) is 2.53. The van der Waals surface area contributed by atoms with Crippen LogP contribution in [-0.2, 0) is 13.6 Å². The van der Waals surface area contributed by atoms with E-state index in [4.69, 9.17) is 0 Å². The molecule has 3 heteroatoms. The highest BCUT2D eigenvalue weighted by molar-refractivity contribution is 5.09. The van der Waals surface area contributed by atoms with Crippen LogP contribution in [0.4, 0.5) is 0 Å². The Kier molecular flexibility index (Phi) is 4.02. The maximum absolute atomic E-state index is 3.57. The Balaban J connectivity index is 1.67. The first-order valence-electron chi connectivity index (χ1n) is 6.24. The van der Waals surface area contributed by atoms with Gasteiger partial charge in [-0.05, 0) is 50.5 Å². The fraction of sp³-hybridized carbons (Fsp3) is 0.692. The SMILES string of the molecule is CN1CCCC(CNCc2ccn(C)c2)C1. The largest absolute Gasteiger partial charge is 0.357 e. The Morgan fingerprint density at radius 3 is 3.00 bits per heavy atom. The van der Waals surface area contributed by atoms with Gasteiger partial charge < -0.3 is 14.8 Å². The number of rotatable bonds is 4. The molecule has 16 heavy (non-hydrogen) atoms. The van der Waals surface area contributed by atoms with Gasteiger partial charge in [0.2, 0.25) is 0 Å². The molecule has 0 aliphatic carbocycles. The van der Waals surface area contributed by atoms with Crippen LogP contribution in [0.2, 0.25) is 0 Å². The molecule has 0 aromatic carbocycles. The van der Waals surface area contributed by atoms with E-state index in [2.05, 4.69) is 47.3 Å². The summed E-state index contributed by atoms with van der Waals surface area (Å²) < 4.78 is 2.10. The van der Waals surface area contributed by atoms with Gasteiger partial charge in [0.1, 0.15) is 0 Å². The molecule has 3 nitrogen and oxygen atoms in total. The van der Waals surface area contributed by atoms with Crippen molar-refractivity contribution >= 4 is 0 Å². The van der Waals surface area contributed by atoms with Crippen molar-refractivity contribution < 1.29 is 0 Å². The monoisotopic (exact) mass is 221 g/mol. The molecule has 1 aliphatic rings. The number of hydrogen-bond donors (Lipinski definition) is 1. The molecule has 1 fully saturated rings. The van der Waals surface area contributed by atoms with Gasteiger partial charge in [-0.3, -0.25) is 0 Å². The fourth-order valence-corrected chi connectivity index (χ4v) is 2.53. The molecule has 90 valence electrons. The van der Waals surface area contributed by atoms with Crippen molar-refractivity contribution in [3.05, 3.63) is 24.0 Å². The summed E-state index contributed by atoms with van der Waals surface area (Å²) in [4.78, 5) is 2.44. The highest BCUT2D eigenvalue weighted by Gasteiger charge is 2.16. The van der Waals surface area contributed by atoms with Gasteiger partial charge in [-0.1, -0.05) is 0 Å². The molecule has 0 spiro atoms. The predicted molar refractivity (Wildman–Crippen MR) is 67.3 cm³/mol. The van der Waals surface area contributed by atoms with Crippen LogP contribution in [0.5, 0.6) is 0 Å². The Bertz CT molecular complexity index is 319. The molecule has 1 N–H and O–H groups in total. The summed E-state index contributed by atoms with van der Waals surface area (Å²) in [7, 11) is 4.29. The minimum absolute atomic E-state index is 0.836. The third kappa shape index (κ3) is 3.35. The molecule has 1 atom stereocenters. The Hall–Kier alpha value is -0.800. The maximum Gasteiger partial charge on any atom is 0.0220 e. The van der Waals surface area contributed by atoms with Crippen molar-refractivity contribution in [2.45, 2.75) is 19.4 Å². The molecule has 2 rings (SSSR count). The lowest BCUT2D eigenvalue weighted by Crippen LogP contribution is -2.37. The number of nitrogens with zero attached hydrogens (tertiary/aromatic N) is 2. The van der Waals surface area contributed by atoms with Gasteiger partial charge in [0, 0.05) is 32.5 Å². The van der Waals surface area contributed by atoms with Crippen molar-refractivity contribution in [1.82, 2.24) is 14.8 Å². The van der Waals surface area contributed by atoms with E-state index < -0.39 is 0 Å². The first-order valence-corrected chi connectivity index (χ1v) is 6.24. The van der Waals surface area contributed by atoms with Crippen molar-refractivity contribution in [3.63, 3.8) is 0 Å². The van der Waals surface area contributed by atoms with Gasteiger partial charge >= 0.3 is 0 Å². The molecular formula is C13H23N3. The maximum atomic E-state index is 3.57. The molecule has 0 amide bonds. The number of hydrogen-bond acceptors (Lipinski definition) is 2. The number of piperidine rings is 1. The van der Waals surface area contributed by atoms with Gasteiger partial charge in [0.05, 0.1) is 0 Å². The number of nitrogens with one attached hydrogen (secondary N) is 1. The van der Waals surface area contributed by atoms with E-state index in [-0.39, 0.29) is 0 Å². The summed E-state index contributed by atoms with van der Waals surface area (Å²) in [6.45, 7) is 4.68. The average Bonchev–Trinajstić information content (AvgIpc) is 2.64. The van der Waals surface area contributed by atoms with Crippen LogP contribution < -0.4 is 5.32 Å². The van der Waals surface area contributed by atoms with E-state index in [9.17, 15) is 0 Å². The normalized spacial score (nSPS) is 22.5. The van der Waals surface area contributed by atoms with Crippen LogP contribution in [0.3, 0.4) is 0 Å². The van der Waals surface area contributed by atoms with Gasteiger partial charge in [-0.2, -0.15) is 0 Å². The summed E-state index contributed by atoms with van der Waals surface area (Å²) in [5, 5.41) is 3.57. The third-order valence-electron chi connectivity index (χ3n) is 3.38. The van der Waals surface area contributed by atoms with E-state index in [1.807, 2.05) is 0 Å². The molecule has 1 aliphatic heterocycles. The molecule has 1 aromatic heterocycles. The van der Waals surface area contributed by atoms with Gasteiger partial charge in [-0.15, -0.1) is 0 Å². The molecular weight excluding hydrogens is 198 g/mol. The quantitative estimate of drug-likeness (QED) is 0.830. The second-order valence-corrected chi connectivity index (χ2v) is 5.09. The predicted octanol–water partition coefficient (Wildman–Crippen LogP) is 1.46. The molecule has 0 radical (unpaired) electrons. The lowest BCUT2D eigenvalue weighted by atomic mass is 9.98. The third-order valence-corrected chi connectivity index (χ3v) is 3.38. The average molecular weight is 221 g/mol. The first kappa shape index (κ1) is 11.7. The zero-order chi connectivity index (χ0) is 11.4. The molecule has 0 bridgehead atoms. The summed E-state index contributed by atoms with van der Waals surface area (Å²) in [6, 6.07) is 2.18. The van der Waals surface area contributed by atoms with Crippen molar-refractivity contribution in [1.29, 1.82) is 0 Å². The van der Waals surface area contributed by atoms with Crippen LogP contribution in [0.1, 0.15) is 18.4 Å². The molecule has 2 heterocycles. The van der Waals surface area contributed by atoms with E-state index in [1.165, 1.54) is 31.5 Å². The molecule has 1 aromatic rings. The Labute approximate surface area is 98.4 Å². The van der Waals surface area contributed by atoms with Crippen molar-refractivity contribution in [3.8, 4) is 0 Å². The number of aromatic nitrogens is 1. The zero-order valence-corrected chi connectivity index (χ0v) is 10.4. The van der Waals surface area contributed by atoms with E-state index in [0.717, 1.165) is 19.0 Å². The minimum Gasteiger partial charge on any atom is -0.357 e. The summed E-state index contributed by atoms with van der Waals surface area (Å²) >= 11 is 0. The van der Waals surface area contributed by atoms with Gasteiger partial charge in [0.25, 0.3) is 0 Å². The van der Waals surface area contributed by atoms with Crippen molar-refractivity contribution in [2.24, 2.45) is 13.0 Å². The van der Waals surface area contributed by atoms with E-state index in [0.29, 0.717) is 0 Å². The van der Waals surface area contributed by atoms with Gasteiger partial charge in [0.15, 0.2) is 0 Å². The lowest BCUT2D eigenvalue weighted by Gasteiger charge is -2.29. The van der Waals surface area contributed by atoms with E-state index in [1.54, 1.807) is 0 Å². The van der Waals surface area contributed by atoms with Crippen LogP contribution in [0, 0.1) is 5.92 Å². The highest BCUT2D eigenvalue weighted by Crippen LogP contribution is 2.14. The number of likely N-dealkylation sites (tertiary alicyclic amines) is 1. The Morgan fingerprint density at radius 1 is 1.44 bits per heavy atom. The molecule has 1 unspecified atom stereocenters. The second kappa shape index (κ2) is 5.51. The first-order chi connectivity index (χ1) is 7.74. The highest BCUT2D eigenvalue weighted by atomic mass is 15.1. The van der Waals surface area contributed by atoms with Crippen LogP contribution in [0.25, 0.3) is 0 Å².